The van der Waals surface area contributed by atoms with Gasteiger partial charge in [-0.15, -0.1) is 0 Å². The van der Waals surface area contributed by atoms with Gasteiger partial charge in [0.05, 0.1) is 12.0 Å². The molecule has 0 radical (unpaired) electrons. The highest BCUT2D eigenvalue weighted by Gasteiger charge is 2.28. The Bertz CT molecular complexity index is 368. The van der Waals surface area contributed by atoms with Gasteiger partial charge in [0.25, 0.3) is 0 Å². The minimum Gasteiger partial charge on any atom is -0.489 e. The van der Waals surface area contributed by atoms with Crippen LogP contribution >= 0.6 is 11.6 Å². The van der Waals surface area contributed by atoms with Gasteiger partial charge in [0.1, 0.15) is 11.9 Å². The highest BCUT2D eigenvalue weighted by Crippen LogP contribution is 2.29. The van der Waals surface area contributed by atoms with Crippen LogP contribution in [0.2, 0.25) is 5.02 Å². The maximum Gasteiger partial charge on any atom is 0.119 e. The molecule has 1 aromatic carbocycles. The van der Waals surface area contributed by atoms with Crippen LogP contribution in [0.3, 0.4) is 0 Å². The van der Waals surface area contributed by atoms with Crippen molar-refractivity contribution < 1.29 is 4.74 Å². The maximum absolute atomic E-state index is 8.91. The molecule has 78 valence electrons. The van der Waals surface area contributed by atoms with Crippen LogP contribution in [0.15, 0.2) is 24.3 Å². The third-order valence-corrected chi connectivity index (χ3v) is 2.97. The van der Waals surface area contributed by atoms with Crippen molar-refractivity contribution in [2.45, 2.75) is 25.4 Å². The molecule has 2 nitrogen and oxygen atoms in total. The zero-order chi connectivity index (χ0) is 10.7. The topological polar surface area (TPSA) is 33.0 Å². The summed E-state index contributed by atoms with van der Waals surface area (Å²) in [7, 11) is 0. The van der Waals surface area contributed by atoms with Crippen LogP contribution in [0, 0.1) is 17.2 Å². The first-order valence-corrected chi connectivity index (χ1v) is 5.49. The minimum absolute atomic E-state index is 0.0423. The molecular weight excluding hydrogens is 210 g/mol. The largest absolute Gasteiger partial charge is 0.489 e. The Morgan fingerprint density at radius 2 is 2.00 bits per heavy atom. The van der Waals surface area contributed by atoms with Crippen molar-refractivity contribution in [2.75, 3.05) is 0 Å². The number of halogens is 1. The standard InChI is InChI=1S/C12H12ClNO/c13-10-4-6-11(7-5-10)15-12-3-1-2-9(12)8-14/h4-7,9,12H,1-3H2/t9-,12+/m1/s1. The molecule has 2 atom stereocenters. The van der Waals surface area contributed by atoms with E-state index in [0.29, 0.717) is 5.02 Å². The van der Waals surface area contributed by atoms with Gasteiger partial charge < -0.3 is 4.74 Å². The number of ether oxygens (including phenoxy) is 1. The number of hydrogen-bond donors (Lipinski definition) is 0. The lowest BCUT2D eigenvalue weighted by Crippen LogP contribution is -2.19. The van der Waals surface area contributed by atoms with Crippen LogP contribution in [-0.2, 0) is 0 Å². The molecule has 1 aromatic rings. The van der Waals surface area contributed by atoms with Crippen LogP contribution in [0.1, 0.15) is 19.3 Å². The van der Waals surface area contributed by atoms with Gasteiger partial charge in [0.2, 0.25) is 0 Å². The van der Waals surface area contributed by atoms with E-state index in [9.17, 15) is 0 Å². The van der Waals surface area contributed by atoms with Crippen molar-refractivity contribution in [3.63, 3.8) is 0 Å². The normalized spacial score (nSPS) is 24.8. The Balaban J connectivity index is 2.03. The Hall–Kier alpha value is -1.20. The summed E-state index contributed by atoms with van der Waals surface area (Å²) in [6, 6.07) is 9.58. The molecule has 1 saturated carbocycles. The molecule has 0 heterocycles. The predicted octanol–water partition coefficient (Wildman–Crippen LogP) is 3.41. The van der Waals surface area contributed by atoms with Gasteiger partial charge in [0, 0.05) is 5.02 Å². The van der Waals surface area contributed by atoms with E-state index in [1.807, 2.05) is 12.1 Å². The van der Waals surface area contributed by atoms with Gasteiger partial charge in [-0.1, -0.05) is 11.6 Å². The fraction of sp³-hybridized carbons (Fsp3) is 0.417. The molecule has 0 spiro atoms. The van der Waals surface area contributed by atoms with Crippen LogP contribution in [0.4, 0.5) is 0 Å². The summed E-state index contributed by atoms with van der Waals surface area (Å²) in [4.78, 5) is 0. The van der Waals surface area contributed by atoms with E-state index >= 15 is 0 Å². The van der Waals surface area contributed by atoms with Crippen molar-refractivity contribution in [1.82, 2.24) is 0 Å². The van der Waals surface area contributed by atoms with E-state index in [1.165, 1.54) is 0 Å². The number of benzene rings is 1. The summed E-state index contributed by atoms with van der Waals surface area (Å²) in [5, 5.41) is 9.61. The first-order chi connectivity index (χ1) is 7.29. The zero-order valence-corrected chi connectivity index (χ0v) is 9.07. The smallest absolute Gasteiger partial charge is 0.119 e. The Kier molecular flexibility index (Phi) is 3.13. The number of hydrogen-bond acceptors (Lipinski definition) is 2. The summed E-state index contributed by atoms with van der Waals surface area (Å²) in [6.45, 7) is 0. The summed E-state index contributed by atoms with van der Waals surface area (Å²) >= 11 is 5.78. The van der Waals surface area contributed by atoms with E-state index in [1.54, 1.807) is 12.1 Å². The highest BCUT2D eigenvalue weighted by molar-refractivity contribution is 6.30. The average Bonchev–Trinajstić information content (AvgIpc) is 2.69. The van der Waals surface area contributed by atoms with E-state index in [2.05, 4.69) is 6.07 Å². The molecule has 0 unspecified atom stereocenters. The van der Waals surface area contributed by atoms with Crippen molar-refractivity contribution in [3.8, 4) is 11.8 Å². The van der Waals surface area contributed by atoms with E-state index in [0.717, 1.165) is 25.0 Å². The second kappa shape index (κ2) is 4.55. The lowest BCUT2D eigenvalue weighted by Gasteiger charge is -2.16. The molecule has 0 amide bonds. The molecule has 0 aliphatic heterocycles. The minimum atomic E-state index is 0.0423. The monoisotopic (exact) mass is 221 g/mol. The van der Waals surface area contributed by atoms with E-state index < -0.39 is 0 Å². The van der Waals surface area contributed by atoms with Crippen molar-refractivity contribution in [2.24, 2.45) is 5.92 Å². The average molecular weight is 222 g/mol. The summed E-state index contributed by atoms with van der Waals surface area (Å²) in [5.41, 5.74) is 0. The summed E-state index contributed by atoms with van der Waals surface area (Å²) in [6.07, 6.45) is 3.06. The Morgan fingerprint density at radius 1 is 1.27 bits per heavy atom. The summed E-state index contributed by atoms with van der Waals surface area (Å²) in [5.74, 6) is 0.840. The highest BCUT2D eigenvalue weighted by atomic mass is 35.5. The summed E-state index contributed by atoms with van der Waals surface area (Å²) < 4.78 is 5.75. The third-order valence-electron chi connectivity index (χ3n) is 2.72. The molecule has 0 N–H and O–H groups in total. The second-order valence-corrected chi connectivity index (χ2v) is 4.21. The predicted molar refractivity (Wildman–Crippen MR) is 58.8 cm³/mol. The van der Waals surface area contributed by atoms with Crippen LogP contribution in [-0.4, -0.2) is 6.10 Å². The van der Waals surface area contributed by atoms with E-state index in [-0.39, 0.29) is 12.0 Å². The molecule has 3 heteroatoms. The molecule has 1 fully saturated rings. The second-order valence-electron chi connectivity index (χ2n) is 3.78. The number of rotatable bonds is 2. The van der Waals surface area contributed by atoms with Crippen LogP contribution in [0.25, 0.3) is 0 Å². The lowest BCUT2D eigenvalue weighted by molar-refractivity contribution is 0.182. The first-order valence-electron chi connectivity index (χ1n) is 5.11. The molecule has 15 heavy (non-hydrogen) atoms. The number of nitrogens with zero attached hydrogens (tertiary/aromatic N) is 1. The van der Waals surface area contributed by atoms with Gasteiger partial charge in [-0.3, -0.25) is 0 Å². The van der Waals surface area contributed by atoms with Crippen molar-refractivity contribution in [3.05, 3.63) is 29.3 Å². The van der Waals surface area contributed by atoms with Gasteiger partial charge in [-0.25, -0.2) is 0 Å². The third kappa shape index (κ3) is 2.43. The van der Waals surface area contributed by atoms with Crippen molar-refractivity contribution >= 4 is 11.6 Å². The quantitative estimate of drug-likeness (QED) is 0.767. The van der Waals surface area contributed by atoms with Crippen LogP contribution < -0.4 is 4.74 Å². The molecule has 1 aliphatic rings. The van der Waals surface area contributed by atoms with Gasteiger partial charge in [0.15, 0.2) is 0 Å². The molecule has 0 bridgehead atoms. The van der Waals surface area contributed by atoms with Gasteiger partial charge >= 0.3 is 0 Å². The van der Waals surface area contributed by atoms with Gasteiger partial charge in [-0.05, 0) is 43.5 Å². The molecule has 2 rings (SSSR count). The lowest BCUT2D eigenvalue weighted by atomic mass is 10.1. The fourth-order valence-corrected chi connectivity index (χ4v) is 2.03. The fourth-order valence-electron chi connectivity index (χ4n) is 1.90. The van der Waals surface area contributed by atoms with Gasteiger partial charge in [-0.2, -0.15) is 5.26 Å². The molecule has 0 aromatic heterocycles. The zero-order valence-electron chi connectivity index (χ0n) is 8.32. The molecule has 0 saturated heterocycles. The van der Waals surface area contributed by atoms with Crippen molar-refractivity contribution in [1.29, 1.82) is 5.26 Å². The maximum atomic E-state index is 8.91. The SMILES string of the molecule is N#C[C@H]1CCC[C@@H]1Oc1ccc(Cl)cc1. The van der Waals surface area contributed by atoms with E-state index in [4.69, 9.17) is 21.6 Å². The Morgan fingerprint density at radius 3 is 2.67 bits per heavy atom. The molecule has 1 aliphatic carbocycles. The Labute approximate surface area is 94.4 Å². The number of nitriles is 1. The molecular formula is C12H12ClNO. The first kappa shape index (κ1) is 10.3. The van der Waals surface area contributed by atoms with Crippen LogP contribution in [0.5, 0.6) is 5.75 Å².